The van der Waals surface area contributed by atoms with Gasteiger partial charge in [0.05, 0.1) is 19.7 Å². The van der Waals surface area contributed by atoms with Gasteiger partial charge in [-0.05, 0) is 44.2 Å². The number of aromatic amines is 1. The van der Waals surface area contributed by atoms with Crippen LogP contribution in [0.5, 0.6) is 23.1 Å². The smallest absolute Gasteiger partial charge is 0.264 e. The molecular formula is C20H24N4O5S. The van der Waals surface area contributed by atoms with E-state index in [9.17, 15) is 9.90 Å². The van der Waals surface area contributed by atoms with Crippen LogP contribution >= 0.6 is 12.2 Å². The quantitative estimate of drug-likeness (QED) is 0.551. The normalized spacial score (nSPS) is 18.0. The highest BCUT2D eigenvalue weighted by molar-refractivity contribution is 7.71. The Kier molecular flexibility index (Phi) is 5.52. The Morgan fingerprint density at radius 2 is 2.27 bits per heavy atom. The number of hydrogen-bond acceptors (Lipinski definition) is 8. The van der Waals surface area contributed by atoms with Crippen LogP contribution in [-0.2, 0) is 13.0 Å². The lowest BCUT2D eigenvalue weighted by molar-refractivity contribution is 0.170. The summed E-state index contributed by atoms with van der Waals surface area (Å²) in [6.45, 7) is 3.67. The van der Waals surface area contributed by atoms with E-state index in [2.05, 4.69) is 14.9 Å². The summed E-state index contributed by atoms with van der Waals surface area (Å²) in [5.74, 6) is 1.78. The lowest BCUT2D eigenvalue weighted by atomic mass is 9.91. The van der Waals surface area contributed by atoms with Gasteiger partial charge in [0.2, 0.25) is 18.4 Å². The molecule has 2 N–H and O–H groups in total. The fourth-order valence-corrected chi connectivity index (χ4v) is 4.29. The molecule has 0 aliphatic carbocycles. The van der Waals surface area contributed by atoms with Crippen LogP contribution in [0.1, 0.15) is 29.7 Å². The largest absolute Gasteiger partial charge is 0.494 e. The first-order valence-electron chi connectivity index (χ1n) is 9.71. The predicted molar refractivity (Wildman–Crippen MR) is 114 cm³/mol. The number of aromatic hydroxyl groups is 1. The standard InChI is InChI=1S/C20H24N4O5S/c1-4-24-19(26)12(18(25)22-20(24)30)8-21-9-13-15-11(5-6-23(13)2)7-14-16(17(15)27-3)29-10-28-14/h7-8,13,26H,4-6,9-10H2,1-3H3,(H,22,25,30)/t13-/m0/s1. The number of methoxy groups -OCH3 is 1. The molecule has 1 atom stereocenters. The molecule has 2 aromatic rings. The fourth-order valence-electron chi connectivity index (χ4n) is 3.98. The van der Waals surface area contributed by atoms with Crippen molar-refractivity contribution in [3.8, 4) is 23.1 Å². The summed E-state index contributed by atoms with van der Waals surface area (Å²) in [5.41, 5.74) is 1.76. The molecule has 0 saturated heterocycles. The SMILES string of the molecule is CCn1c(O)c(C=NC[C@H]2c3c(cc4c(c3OC)OCO4)CCN2C)c(=O)[nH]c1=S. The Morgan fingerprint density at radius 1 is 1.47 bits per heavy atom. The molecule has 3 heterocycles. The molecule has 9 nitrogen and oxygen atoms in total. The first-order chi connectivity index (χ1) is 14.5. The second-order valence-electron chi connectivity index (χ2n) is 7.20. The van der Waals surface area contributed by atoms with Crippen molar-refractivity contribution in [2.45, 2.75) is 25.9 Å². The van der Waals surface area contributed by atoms with Crippen molar-refractivity contribution in [2.75, 3.05) is 34.0 Å². The molecule has 30 heavy (non-hydrogen) atoms. The van der Waals surface area contributed by atoms with Crippen molar-refractivity contribution < 1.29 is 19.3 Å². The third-order valence-electron chi connectivity index (χ3n) is 5.57. The summed E-state index contributed by atoms with van der Waals surface area (Å²) in [7, 11) is 3.64. The molecule has 0 radical (unpaired) electrons. The first-order valence-corrected chi connectivity index (χ1v) is 10.1. The van der Waals surface area contributed by atoms with E-state index < -0.39 is 5.56 Å². The van der Waals surface area contributed by atoms with Crippen LogP contribution in [0.25, 0.3) is 0 Å². The van der Waals surface area contributed by atoms with E-state index in [1.807, 2.05) is 20.0 Å². The number of nitrogens with one attached hydrogen (secondary N) is 1. The van der Waals surface area contributed by atoms with Gasteiger partial charge in [0, 0.05) is 24.9 Å². The van der Waals surface area contributed by atoms with Crippen molar-refractivity contribution in [1.82, 2.24) is 14.5 Å². The lowest BCUT2D eigenvalue weighted by Gasteiger charge is -2.35. The highest BCUT2D eigenvalue weighted by atomic mass is 32.1. The molecule has 2 aliphatic rings. The third kappa shape index (κ3) is 3.35. The topological polar surface area (TPSA) is 101 Å². The molecule has 2 aliphatic heterocycles. The average Bonchev–Trinajstić information content (AvgIpc) is 3.18. The molecule has 4 rings (SSSR count). The Balaban J connectivity index is 1.69. The predicted octanol–water partition coefficient (Wildman–Crippen LogP) is 2.02. The van der Waals surface area contributed by atoms with Gasteiger partial charge in [-0.15, -0.1) is 0 Å². The molecule has 1 aromatic heterocycles. The molecule has 1 aromatic carbocycles. The van der Waals surface area contributed by atoms with Crippen LogP contribution in [0.4, 0.5) is 0 Å². The number of rotatable bonds is 5. The highest BCUT2D eigenvalue weighted by Crippen LogP contribution is 2.49. The van der Waals surface area contributed by atoms with E-state index in [0.717, 1.165) is 24.1 Å². The van der Waals surface area contributed by atoms with E-state index in [-0.39, 0.29) is 29.0 Å². The molecule has 0 amide bonds. The van der Waals surface area contributed by atoms with E-state index in [1.54, 1.807) is 7.11 Å². The zero-order valence-electron chi connectivity index (χ0n) is 17.1. The van der Waals surface area contributed by atoms with Crippen molar-refractivity contribution >= 4 is 18.4 Å². The number of nitrogens with zero attached hydrogens (tertiary/aromatic N) is 3. The lowest BCUT2D eigenvalue weighted by Crippen LogP contribution is -2.34. The van der Waals surface area contributed by atoms with Crippen molar-refractivity contribution in [3.63, 3.8) is 0 Å². The van der Waals surface area contributed by atoms with E-state index in [1.165, 1.54) is 10.8 Å². The number of hydrogen-bond donors (Lipinski definition) is 2. The zero-order valence-corrected chi connectivity index (χ0v) is 17.9. The third-order valence-corrected chi connectivity index (χ3v) is 5.89. The summed E-state index contributed by atoms with van der Waals surface area (Å²) in [6, 6.07) is 1.93. The molecule has 0 bridgehead atoms. The Labute approximate surface area is 178 Å². The van der Waals surface area contributed by atoms with Gasteiger partial charge in [0.1, 0.15) is 5.56 Å². The zero-order chi connectivity index (χ0) is 21.4. The minimum atomic E-state index is -0.468. The summed E-state index contributed by atoms with van der Waals surface area (Å²) in [5, 5.41) is 10.4. The maximum Gasteiger partial charge on any atom is 0.264 e. The fraction of sp³-hybridized carbons (Fsp3) is 0.450. The van der Waals surface area contributed by atoms with E-state index in [0.29, 0.717) is 30.3 Å². The molecule has 0 spiro atoms. The van der Waals surface area contributed by atoms with Gasteiger partial charge in [-0.25, -0.2) is 0 Å². The second-order valence-corrected chi connectivity index (χ2v) is 7.58. The van der Waals surface area contributed by atoms with Crippen LogP contribution < -0.4 is 19.8 Å². The van der Waals surface area contributed by atoms with Crippen LogP contribution in [0.3, 0.4) is 0 Å². The number of fused-ring (bicyclic) bond motifs is 2. The minimum Gasteiger partial charge on any atom is -0.494 e. The molecule has 160 valence electrons. The minimum absolute atomic E-state index is 0.0767. The number of H-pyrrole nitrogens is 1. The average molecular weight is 433 g/mol. The van der Waals surface area contributed by atoms with Crippen molar-refractivity contribution in [2.24, 2.45) is 4.99 Å². The number of benzene rings is 1. The van der Waals surface area contributed by atoms with Gasteiger partial charge in [-0.1, -0.05) is 0 Å². The number of likely N-dealkylation sites (N-methyl/N-ethyl adjacent to an activating group) is 1. The summed E-state index contributed by atoms with van der Waals surface area (Å²) < 4.78 is 18.5. The number of aromatic nitrogens is 2. The maximum atomic E-state index is 12.3. The maximum absolute atomic E-state index is 12.3. The van der Waals surface area contributed by atoms with Crippen LogP contribution in [-0.4, -0.2) is 59.8 Å². The molecule has 0 fully saturated rings. The van der Waals surface area contributed by atoms with E-state index >= 15 is 0 Å². The summed E-state index contributed by atoms with van der Waals surface area (Å²) in [4.78, 5) is 21.5. The van der Waals surface area contributed by atoms with Crippen LogP contribution in [0, 0.1) is 4.77 Å². The van der Waals surface area contributed by atoms with Crippen LogP contribution in [0.15, 0.2) is 15.9 Å². The van der Waals surface area contributed by atoms with Gasteiger partial charge in [0.25, 0.3) is 5.56 Å². The highest BCUT2D eigenvalue weighted by Gasteiger charge is 2.33. The molecule has 0 saturated carbocycles. The van der Waals surface area contributed by atoms with Gasteiger partial charge in [-0.3, -0.25) is 24.2 Å². The Morgan fingerprint density at radius 3 is 3.00 bits per heavy atom. The van der Waals surface area contributed by atoms with Gasteiger partial charge in [0.15, 0.2) is 16.3 Å². The van der Waals surface area contributed by atoms with Gasteiger partial charge < -0.3 is 19.3 Å². The summed E-state index contributed by atoms with van der Waals surface area (Å²) in [6.07, 6.45) is 2.26. The van der Waals surface area contributed by atoms with Gasteiger partial charge in [-0.2, -0.15) is 0 Å². The monoisotopic (exact) mass is 432 g/mol. The summed E-state index contributed by atoms with van der Waals surface area (Å²) >= 11 is 5.09. The van der Waals surface area contributed by atoms with Gasteiger partial charge >= 0.3 is 0 Å². The molecule has 0 unspecified atom stereocenters. The van der Waals surface area contributed by atoms with Crippen molar-refractivity contribution in [3.05, 3.63) is 37.9 Å². The number of ether oxygens (including phenoxy) is 3. The molecule has 10 heteroatoms. The Bertz CT molecular complexity index is 1120. The second kappa shape index (κ2) is 8.11. The Hall–Kier alpha value is -2.85. The van der Waals surface area contributed by atoms with E-state index in [4.69, 9.17) is 26.4 Å². The van der Waals surface area contributed by atoms with Crippen LogP contribution in [0.2, 0.25) is 0 Å². The molecular weight excluding hydrogens is 408 g/mol. The first kappa shape index (κ1) is 20.4. The van der Waals surface area contributed by atoms with Crippen molar-refractivity contribution in [1.29, 1.82) is 0 Å². The number of aliphatic imine (C=N–C) groups is 1.